The summed E-state index contributed by atoms with van der Waals surface area (Å²) >= 11 is 0. The fourth-order valence-electron chi connectivity index (χ4n) is 0.528. The predicted octanol–water partition coefficient (Wildman–Crippen LogP) is -0.153. The van der Waals surface area contributed by atoms with Crippen LogP contribution in [0.15, 0.2) is 12.2 Å². The number of aliphatic hydroxyl groups is 2. The van der Waals surface area contributed by atoms with Crippen LogP contribution in [-0.4, -0.2) is 35.0 Å². The summed E-state index contributed by atoms with van der Waals surface area (Å²) in [7, 11) is 0. The molecule has 0 spiro atoms. The molecule has 4 heteroatoms. The Morgan fingerprint density at radius 2 is 2.17 bits per heavy atom. The Hall–Kier alpha value is -0.870. The van der Waals surface area contributed by atoms with Gasteiger partial charge in [0.25, 0.3) is 0 Å². The van der Waals surface area contributed by atoms with E-state index in [0.717, 1.165) is 6.08 Å². The van der Waals surface area contributed by atoms with Gasteiger partial charge in [-0.1, -0.05) is 0 Å². The van der Waals surface area contributed by atoms with Gasteiger partial charge in [0.1, 0.15) is 0 Å². The van der Waals surface area contributed by atoms with Crippen LogP contribution in [0.5, 0.6) is 0 Å². The Kier molecular flexibility index (Phi) is 5.32. The Labute approximate surface area is 71.5 Å². The van der Waals surface area contributed by atoms with Crippen molar-refractivity contribution in [2.45, 2.75) is 26.1 Å². The third kappa shape index (κ3) is 4.87. The highest BCUT2D eigenvalue weighted by Gasteiger charge is 2.06. The third-order valence-corrected chi connectivity index (χ3v) is 1.21. The fraction of sp³-hybridized carbons (Fsp3) is 0.625. The monoisotopic (exact) mass is 174 g/mol. The van der Waals surface area contributed by atoms with E-state index < -0.39 is 18.2 Å². The molecule has 2 N–H and O–H groups in total. The van der Waals surface area contributed by atoms with Gasteiger partial charge in [-0.15, -0.1) is 0 Å². The molecular weight excluding hydrogens is 160 g/mol. The standard InChI is InChI=1S/C8H14O4/c1-3-12-8(11)5-4-7(10)6(2)9/h4-7,9-10H,3H2,1-2H3. The molecule has 0 bridgehead atoms. The van der Waals surface area contributed by atoms with E-state index in [0.29, 0.717) is 6.61 Å². The molecule has 4 nitrogen and oxygen atoms in total. The van der Waals surface area contributed by atoms with E-state index in [-0.39, 0.29) is 0 Å². The molecule has 70 valence electrons. The average molecular weight is 174 g/mol. The van der Waals surface area contributed by atoms with Crippen molar-refractivity contribution < 1.29 is 19.7 Å². The zero-order chi connectivity index (χ0) is 9.56. The molecular formula is C8H14O4. The van der Waals surface area contributed by atoms with Crippen molar-refractivity contribution in [2.75, 3.05) is 6.61 Å². The minimum absolute atomic E-state index is 0.300. The van der Waals surface area contributed by atoms with Gasteiger partial charge in [0.05, 0.1) is 18.8 Å². The molecule has 0 aromatic heterocycles. The molecule has 0 aromatic carbocycles. The minimum atomic E-state index is -1.02. The molecule has 0 saturated carbocycles. The van der Waals surface area contributed by atoms with Crippen LogP contribution < -0.4 is 0 Å². The lowest BCUT2D eigenvalue weighted by molar-refractivity contribution is -0.137. The summed E-state index contributed by atoms with van der Waals surface area (Å²) in [4.78, 5) is 10.7. The largest absolute Gasteiger partial charge is 0.463 e. The SMILES string of the molecule is CCOC(=O)C=CC(O)C(C)O. The molecule has 0 aliphatic rings. The van der Waals surface area contributed by atoms with Gasteiger partial charge < -0.3 is 14.9 Å². The van der Waals surface area contributed by atoms with Crippen molar-refractivity contribution in [3.63, 3.8) is 0 Å². The van der Waals surface area contributed by atoms with Gasteiger partial charge in [-0.05, 0) is 19.9 Å². The number of esters is 1. The predicted molar refractivity (Wildman–Crippen MR) is 43.5 cm³/mol. The Bertz CT molecular complexity index is 162. The van der Waals surface area contributed by atoms with E-state index in [1.54, 1.807) is 6.92 Å². The van der Waals surface area contributed by atoms with Gasteiger partial charge >= 0.3 is 5.97 Å². The lowest BCUT2D eigenvalue weighted by atomic mass is 10.2. The zero-order valence-corrected chi connectivity index (χ0v) is 7.23. The third-order valence-electron chi connectivity index (χ3n) is 1.21. The summed E-state index contributed by atoms with van der Waals surface area (Å²) in [6.45, 7) is 3.42. The molecule has 0 amide bonds. The van der Waals surface area contributed by atoms with Crippen LogP contribution in [0.4, 0.5) is 0 Å². The van der Waals surface area contributed by atoms with E-state index >= 15 is 0 Å². The number of ether oxygens (including phenoxy) is 1. The Morgan fingerprint density at radius 3 is 2.58 bits per heavy atom. The summed E-state index contributed by atoms with van der Waals surface area (Å²) in [6.07, 6.45) is 0.397. The maximum Gasteiger partial charge on any atom is 0.330 e. The Balaban J connectivity index is 3.81. The molecule has 0 saturated heterocycles. The fourth-order valence-corrected chi connectivity index (χ4v) is 0.528. The molecule has 0 aromatic rings. The van der Waals surface area contributed by atoms with Crippen molar-refractivity contribution >= 4 is 5.97 Å². The number of aliphatic hydroxyl groups excluding tert-OH is 2. The normalized spacial score (nSPS) is 16.0. The molecule has 0 aliphatic heterocycles. The maximum atomic E-state index is 10.7. The first-order valence-corrected chi connectivity index (χ1v) is 3.79. The van der Waals surface area contributed by atoms with Crippen molar-refractivity contribution in [1.29, 1.82) is 0 Å². The van der Waals surface area contributed by atoms with Gasteiger partial charge in [0.15, 0.2) is 0 Å². The van der Waals surface area contributed by atoms with Gasteiger partial charge in [-0.25, -0.2) is 4.79 Å². The minimum Gasteiger partial charge on any atom is -0.463 e. The summed E-state index contributed by atoms with van der Waals surface area (Å²) < 4.78 is 4.55. The smallest absolute Gasteiger partial charge is 0.330 e. The first kappa shape index (κ1) is 11.1. The van der Waals surface area contributed by atoms with Crippen molar-refractivity contribution in [3.05, 3.63) is 12.2 Å². The van der Waals surface area contributed by atoms with Crippen molar-refractivity contribution in [3.8, 4) is 0 Å². The molecule has 2 atom stereocenters. The zero-order valence-electron chi connectivity index (χ0n) is 7.23. The molecule has 0 fully saturated rings. The molecule has 0 radical (unpaired) electrons. The maximum absolute atomic E-state index is 10.7. The quantitative estimate of drug-likeness (QED) is 0.459. The Morgan fingerprint density at radius 1 is 1.58 bits per heavy atom. The van der Waals surface area contributed by atoms with Gasteiger partial charge in [-0.2, -0.15) is 0 Å². The van der Waals surface area contributed by atoms with E-state index in [2.05, 4.69) is 4.74 Å². The second kappa shape index (κ2) is 5.74. The molecule has 0 aliphatic carbocycles. The highest BCUT2D eigenvalue weighted by atomic mass is 16.5. The van der Waals surface area contributed by atoms with E-state index in [1.807, 2.05) is 0 Å². The van der Waals surface area contributed by atoms with Crippen LogP contribution in [0.3, 0.4) is 0 Å². The summed E-state index contributed by atoms with van der Waals surface area (Å²) in [6, 6.07) is 0. The number of carbonyl (C=O) groups is 1. The lowest BCUT2D eigenvalue weighted by Crippen LogP contribution is -2.20. The average Bonchev–Trinajstić information content (AvgIpc) is 2.00. The highest BCUT2D eigenvalue weighted by molar-refractivity contribution is 5.81. The first-order chi connectivity index (χ1) is 5.57. The van der Waals surface area contributed by atoms with Crippen LogP contribution in [0, 0.1) is 0 Å². The first-order valence-electron chi connectivity index (χ1n) is 3.79. The second-order valence-corrected chi connectivity index (χ2v) is 2.34. The molecule has 12 heavy (non-hydrogen) atoms. The van der Waals surface area contributed by atoms with Crippen LogP contribution in [0.2, 0.25) is 0 Å². The van der Waals surface area contributed by atoms with E-state index in [4.69, 9.17) is 10.2 Å². The van der Waals surface area contributed by atoms with Crippen LogP contribution in [-0.2, 0) is 9.53 Å². The van der Waals surface area contributed by atoms with E-state index in [9.17, 15) is 4.79 Å². The summed E-state index contributed by atoms with van der Waals surface area (Å²) in [5.41, 5.74) is 0. The summed E-state index contributed by atoms with van der Waals surface area (Å²) in [5, 5.41) is 17.8. The van der Waals surface area contributed by atoms with Crippen molar-refractivity contribution in [1.82, 2.24) is 0 Å². The van der Waals surface area contributed by atoms with Crippen LogP contribution >= 0.6 is 0 Å². The van der Waals surface area contributed by atoms with Gasteiger partial charge in [0, 0.05) is 6.08 Å². The molecule has 0 heterocycles. The topological polar surface area (TPSA) is 66.8 Å². The van der Waals surface area contributed by atoms with Gasteiger partial charge in [0.2, 0.25) is 0 Å². The number of rotatable bonds is 4. The van der Waals surface area contributed by atoms with Crippen LogP contribution in [0.1, 0.15) is 13.8 Å². The van der Waals surface area contributed by atoms with Crippen molar-refractivity contribution in [2.24, 2.45) is 0 Å². The highest BCUT2D eigenvalue weighted by Crippen LogP contribution is 1.94. The lowest BCUT2D eigenvalue weighted by Gasteiger charge is -2.07. The molecule has 2 unspecified atom stereocenters. The number of hydrogen-bond acceptors (Lipinski definition) is 4. The van der Waals surface area contributed by atoms with Gasteiger partial charge in [-0.3, -0.25) is 0 Å². The molecule has 0 rings (SSSR count). The van der Waals surface area contributed by atoms with Crippen LogP contribution in [0.25, 0.3) is 0 Å². The van der Waals surface area contributed by atoms with E-state index in [1.165, 1.54) is 13.0 Å². The summed E-state index contributed by atoms with van der Waals surface area (Å²) in [5.74, 6) is -0.516. The number of carbonyl (C=O) groups excluding carboxylic acids is 1. The number of hydrogen-bond donors (Lipinski definition) is 2. The second-order valence-electron chi connectivity index (χ2n) is 2.34.